The second-order valence-corrected chi connectivity index (χ2v) is 9.51. The van der Waals surface area contributed by atoms with E-state index in [-0.39, 0.29) is 0 Å². The number of halogens is 1. The highest BCUT2D eigenvalue weighted by Crippen LogP contribution is 2.40. The molecule has 184 valence electrons. The number of nitrogens with one attached hydrogen (secondary N) is 2. The molecule has 4 N–H and O–H groups in total. The van der Waals surface area contributed by atoms with Crippen LogP contribution in [-0.2, 0) is 17.8 Å². The van der Waals surface area contributed by atoms with E-state index in [1.54, 1.807) is 0 Å². The minimum atomic E-state index is -0.440. The lowest BCUT2D eigenvalue weighted by Crippen LogP contribution is -2.48. The normalized spacial score (nSPS) is 18.0. The van der Waals surface area contributed by atoms with Gasteiger partial charge in [0.25, 0.3) is 5.91 Å². The number of hydrogen-bond donors (Lipinski definition) is 3. The minimum Gasteiger partial charge on any atom is -0.388 e. The number of fused-ring (bicyclic) bond motifs is 1. The molecule has 1 aliphatic heterocycles. The molecule has 8 heteroatoms. The van der Waals surface area contributed by atoms with Crippen LogP contribution in [0.15, 0.2) is 24.3 Å². The van der Waals surface area contributed by atoms with Crippen molar-refractivity contribution in [2.24, 2.45) is 11.7 Å². The van der Waals surface area contributed by atoms with Crippen LogP contribution in [-0.4, -0.2) is 44.0 Å². The Morgan fingerprint density at radius 3 is 2.30 bits per heavy atom. The van der Waals surface area contributed by atoms with Crippen molar-refractivity contribution in [1.82, 2.24) is 0 Å². The van der Waals surface area contributed by atoms with Crippen LogP contribution < -0.4 is 16.4 Å². The van der Waals surface area contributed by atoms with Gasteiger partial charge in [-0.1, -0.05) is 39.3 Å². The summed E-state index contributed by atoms with van der Waals surface area (Å²) in [6.45, 7) is 11.2. The van der Waals surface area contributed by atoms with Crippen molar-refractivity contribution < 1.29 is 14.1 Å². The van der Waals surface area contributed by atoms with Crippen LogP contribution in [0, 0.1) is 5.92 Å². The number of thiophene rings is 1. The van der Waals surface area contributed by atoms with E-state index in [4.69, 9.17) is 17.3 Å². The standard InChI is InChI=1S/C14H19N3O2S.C7H8ClN.2C2H6/c1-17(6-9-2-3-9)5-4-10-11(7-17)20-14(16-8-18)12(10)13(15)19;1-9-7-4-2-6(8)3-5-7;2*1-2/h8-9H,2-7H2,1H3,(H2-,15,16,18,19);2-5,9H,1H3;2*1-2H3/p+1. The molecular weight excluding hydrogens is 456 g/mol. The van der Waals surface area contributed by atoms with E-state index in [2.05, 4.69) is 17.7 Å². The number of rotatable bonds is 6. The van der Waals surface area contributed by atoms with Crippen molar-refractivity contribution in [2.75, 3.05) is 37.8 Å². The first-order chi connectivity index (χ1) is 15.8. The zero-order valence-electron chi connectivity index (χ0n) is 20.8. The van der Waals surface area contributed by atoms with E-state index < -0.39 is 5.91 Å². The molecule has 0 spiro atoms. The van der Waals surface area contributed by atoms with Crippen molar-refractivity contribution in [1.29, 1.82) is 0 Å². The molecular formula is C25H40ClN4O2S+. The number of amides is 2. The predicted octanol–water partition coefficient (Wildman–Crippen LogP) is 5.76. The number of nitrogens with zero attached hydrogens (tertiary/aromatic N) is 1. The van der Waals surface area contributed by atoms with E-state index in [9.17, 15) is 9.59 Å². The molecule has 1 aliphatic carbocycles. The zero-order chi connectivity index (χ0) is 25.0. The van der Waals surface area contributed by atoms with Gasteiger partial charge in [0.05, 0.1) is 30.6 Å². The topological polar surface area (TPSA) is 84.2 Å². The minimum absolute atomic E-state index is 0.440. The van der Waals surface area contributed by atoms with Gasteiger partial charge >= 0.3 is 0 Å². The Bertz CT molecular complexity index is 881. The van der Waals surface area contributed by atoms with Crippen molar-refractivity contribution in [2.45, 2.75) is 53.5 Å². The average Bonchev–Trinajstić information content (AvgIpc) is 3.55. The number of likely N-dealkylation sites (N-methyl/N-ethyl adjacent to an activating group) is 1. The smallest absolute Gasteiger partial charge is 0.252 e. The van der Waals surface area contributed by atoms with Crippen LogP contribution in [0.2, 0.25) is 5.02 Å². The molecule has 1 aromatic carbocycles. The van der Waals surface area contributed by atoms with Gasteiger partial charge in [-0.3, -0.25) is 9.59 Å². The summed E-state index contributed by atoms with van der Waals surface area (Å²) in [5.41, 5.74) is 8.14. The Labute approximate surface area is 208 Å². The molecule has 0 radical (unpaired) electrons. The number of carbonyl (C=O) groups is 2. The van der Waals surface area contributed by atoms with Gasteiger partial charge in [0.2, 0.25) is 6.41 Å². The maximum absolute atomic E-state index is 11.6. The number of hydrogen-bond acceptors (Lipinski definition) is 4. The number of primary amides is 1. The highest BCUT2D eigenvalue weighted by Gasteiger charge is 2.38. The molecule has 1 aromatic heterocycles. The number of nitrogens with two attached hydrogens (primary N) is 1. The second-order valence-electron chi connectivity index (χ2n) is 7.97. The molecule has 33 heavy (non-hydrogen) atoms. The van der Waals surface area contributed by atoms with Crippen LogP contribution in [0.3, 0.4) is 0 Å². The van der Waals surface area contributed by atoms with Crippen LogP contribution in [0.25, 0.3) is 0 Å². The van der Waals surface area contributed by atoms with Gasteiger partial charge in [-0.25, -0.2) is 0 Å². The zero-order valence-corrected chi connectivity index (χ0v) is 22.4. The van der Waals surface area contributed by atoms with Crippen LogP contribution in [0.4, 0.5) is 10.7 Å². The first-order valence-electron chi connectivity index (χ1n) is 11.8. The molecule has 1 saturated carbocycles. The fourth-order valence-electron chi connectivity index (χ4n) is 3.82. The Morgan fingerprint density at radius 1 is 1.21 bits per heavy atom. The summed E-state index contributed by atoms with van der Waals surface area (Å²) in [6.07, 6.45) is 4.20. The number of quaternary nitrogens is 1. The monoisotopic (exact) mass is 495 g/mol. The van der Waals surface area contributed by atoms with Gasteiger partial charge < -0.3 is 20.9 Å². The fourth-order valence-corrected chi connectivity index (χ4v) is 5.33. The van der Waals surface area contributed by atoms with Gasteiger partial charge in [-0.05, 0) is 42.7 Å². The van der Waals surface area contributed by atoms with Gasteiger partial charge in [-0.2, -0.15) is 0 Å². The molecule has 2 aromatic rings. The summed E-state index contributed by atoms with van der Waals surface area (Å²) in [5.74, 6) is 0.440. The van der Waals surface area contributed by atoms with E-state index in [0.717, 1.165) is 46.2 Å². The summed E-state index contributed by atoms with van der Waals surface area (Å²) in [4.78, 5) is 23.5. The molecule has 6 nitrogen and oxygen atoms in total. The third-order valence-electron chi connectivity index (χ3n) is 5.48. The molecule has 0 saturated heterocycles. The lowest BCUT2D eigenvalue weighted by atomic mass is 10.0. The van der Waals surface area contributed by atoms with Gasteiger partial charge in [0, 0.05) is 30.1 Å². The quantitative estimate of drug-likeness (QED) is 0.351. The molecule has 2 heterocycles. The van der Waals surface area contributed by atoms with E-state index in [0.29, 0.717) is 17.0 Å². The number of carbonyl (C=O) groups excluding carboxylic acids is 2. The Balaban J connectivity index is 0.000000352. The van der Waals surface area contributed by atoms with Gasteiger partial charge in [-0.15, -0.1) is 11.3 Å². The lowest BCUT2D eigenvalue weighted by Gasteiger charge is -2.37. The Hall–Kier alpha value is -2.09. The predicted molar refractivity (Wildman–Crippen MR) is 142 cm³/mol. The SMILES string of the molecule is CC.CC.CNc1ccc(Cl)cc1.C[N+]1(CC2CC2)CCc2c(sc(NC=O)c2C(N)=O)C1. The number of benzene rings is 1. The molecule has 1 atom stereocenters. The molecule has 1 unspecified atom stereocenters. The third kappa shape index (κ3) is 8.65. The first-order valence-corrected chi connectivity index (χ1v) is 13.0. The van der Waals surface area contributed by atoms with Gasteiger partial charge in [0.15, 0.2) is 0 Å². The highest BCUT2D eigenvalue weighted by atomic mass is 35.5. The van der Waals surface area contributed by atoms with Crippen molar-refractivity contribution in [3.05, 3.63) is 45.3 Å². The van der Waals surface area contributed by atoms with Crippen LogP contribution in [0.1, 0.15) is 61.3 Å². The largest absolute Gasteiger partial charge is 0.388 e. The molecule has 0 bridgehead atoms. The third-order valence-corrected chi connectivity index (χ3v) is 6.88. The summed E-state index contributed by atoms with van der Waals surface area (Å²) < 4.78 is 1.04. The number of anilines is 2. The van der Waals surface area contributed by atoms with Crippen molar-refractivity contribution in [3.8, 4) is 0 Å². The second kappa shape index (κ2) is 14.2. The summed E-state index contributed by atoms with van der Waals surface area (Å²) in [5, 5.41) is 7.00. The van der Waals surface area contributed by atoms with E-state index in [1.165, 1.54) is 35.6 Å². The van der Waals surface area contributed by atoms with Crippen LogP contribution in [0.5, 0.6) is 0 Å². The summed E-state index contributed by atoms with van der Waals surface area (Å²) in [7, 11) is 4.17. The maximum atomic E-state index is 11.6. The maximum Gasteiger partial charge on any atom is 0.252 e. The van der Waals surface area contributed by atoms with Crippen molar-refractivity contribution >= 4 is 45.9 Å². The fraction of sp³-hybridized carbons (Fsp3) is 0.520. The van der Waals surface area contributed by atoms with E-state index in [1.807, 2.05) is 59.0 Å². The summed E-state index contributed by atoms with van der Waals surface area (Å²) >= 11 is 7.15. The van der Waals surface area contributed by atoms with Crippen LogP contribution >= 0.6 is 22.9 Å². The van der Waals surface area contributed by atoms with E-state index >= 15 is 0 Å². The van der Waals surface area contributed by atoms with Gasteiger partial charge in [0.1, 0.15) is 11.5 Å². The Kier molecular flexibility index (Phi) is 12.5. The molecule has 1 fully saturated rings. The highest BCUT2D eigenvalue weighted by molar-refractivity contribution is 7.16. The summed E-state index contributed by atoms with van der Waals surface area (Å²) in [6, 6.07) is 7.57. The first kappa shape index (κ1) is 28.9. The molecule has 2 amide bonds. The van der Waals surface area contributed by atoms with Crippen molar-refractivity contribution in [3.63, 3.8) is 0 Å². The molecule has 4 rings (SSSR count). The average molecular weight is 496 g/mol. The molecule has 2 aliphatic rings. The Morgan fingerprint density at radius 2 is 1.82 bits per heavy atom. The lowest BCUT2D eigenvalue weighted by molar-refractivity contribution is -0.925.